The van der Waals surface area contributed by atoms with E-state index in [4.69, 9.17) is 9.47 Å². The third-order valence-electron chi connectivity index (χ3n) is 3.12. The highest BCUT2D eigenvalue weighted by Gasteiger charge is 2.23. The molecular formula is C15H24O3. The third-order valence-corrected chi connectivity index (χ3v) is 3.12. The summed E-state index contributed by atoms with van der Waals surface area (Å²) in [7, 11) is 0. The van der Waals surface area contributed by atoms with E-state index in [0.717, 1.165) is 11.1 Å². The quantitative estimate of drug-likeness (QED) is 0.791. The van der Waals surface area contributed by atoms with Gasteiger partial charge in [0, 0.05) is 13.2 Å². The first kappa shape index (κ1) is 15.2. The molecule has 1 atom stereocenters. The first-order chi connectivity index (χ1) is 8.51. The molecule has 0 aliphatic heterocycles. The van der Waals surface area contributed by atoms with Gasteiger partial charge in [-0.25, -0.2) is 0 Å². The number of hydrogen-bond donors (Lipinski definition) is 1. The number of hydrogen-bond acceptors (Lipinski definition) is 3. The molecule has 0 heterocycles. The van der Waals surface area contributed by atoms with Gasteiger partial charge in [-0.1, -0.05) is 12.1 Å². The second-order valence-electron chi connectivity index (χ2n) is 4.52. The van der Waals surface area contributed by atoms with Gasteiger partial charge in [0.1, 0.15) is 6.10 Å². The standard InChI is InChI=1S/C15H24O3/c1-6-17-15(18-7-2)14(16)13-9-11(4)10(3)8-12(13)5/h8-9,14-16H,6-7H2,1-5H3. The van der Waals surface area contributed by atoms with Gasteiger partial charge in [-0.15, -0.1) is 0 Å². The van der Waals surface area contributed by atoms with E-state index in [9.17, 15) is 5.11 Å². The van der Waals surface area contributed by atoms with E-state index in [0.29, 0.717) is 13.2 Å². The Morgan fingerprint density at radius 2 is 1.44 bits per heavy atom. The van der Waals surface area contributed by atoms with Crippen LogP contribution in [0.15, 0.2) is 12.1 Å². The molecule has 0 fully saturated rings. The third kappa shape index (κ3) is 3.55. The number of aliphatic hydroxyl groups is 1. The van der Waals surface area contributed by atoms with Gasteiger partial charge in [0.25, 0.3) is 0 Å². The second kappa shape index (κ2) is 6.88. The van der Waals surface area contributed by atoms with Crippen LogP contribution in [-0.4, -0.2) is 24.6 Å². The van der Waals surface area contributed by atoms with Crippen LogP contribution in [0.3, 0.4) is 0 Å². The maximum Gasteiger partial charge on any atom is 0.187 e. The summed E-state index contributed by atoms with van der Waals surface area (Å²) in [6.07, 6.45) is -1.34. The van der Waals surface area contributed by atoms with Gasteiger partial charge in [0.2, 0.25) is 0 Å². The van der Waals surface area contributed by atoms with Crippen molar-refractivity contribution in [3.63, 3.8) is 0 Å². The zero-order chi connectivity index (χ0) is 13.7. The molecule has 1 aromatic carbocycles. The highest BCUT2D eigenvalue weighted by atomic mass is 16.7. The Morgan fingerprint density at radius 3 is 1.94 bits per heavy atom. The van der Waals surface area contributed by atoms with Crippen molar-refractivity contribution in [3.8, 4) is 0 Å². The lowest BCUT2D eigenvalue weighted by Crippen LogP contribution is -2.26. The SMILES string of the molecule is CCOC(OCC)C(O)c1cc(C)c(C)cc1C. The number of aryl methyl sites for hydroxylation is 3. The minimum Gasteiger partial charge on any atom is -0.383 e. The van der Waals surface area contributed by atoms with E-state index in [1.54, 1.807) is 0 Å². The van der Waals surface area contributed by atoms with Crippen LogP contribution in [0.1, 0.15) is 42.2 Å². The molecule has 0 aliphatic rings. The smallest absolute Gasteiger partial charge is 0.187 e. The van der Waals surface area contributed by atoms with Gasteiger partial charge in [-0.3, -0.25) is 0 Å². The van der Waals surface area contributed by atoms with Gasteiger partial charge >= 0.3 is 0 Å². The van der Waals surface area contributed by atoms with Crippen molar-refractivity contribution in [3.05, 3.63) is 34.4 Å². The molecule has 1 rings (SSSR count). The molecule has 0 saturated heterocycles. The fraction of sp³-hybridized carbons (Fsp3) is 0.600. The van der Waals surface area contributed by atoms with Crippen molar-refractivity contribution in [2.45, 2.75) is 47.0 Å². The summed E-state index contributed by atoms with van der Waals surface area (Å²) in [5.74, 6) is 0. The molecule has 1 aromatic rings. The van der Waals surface area contributed by atoms with Crippen LogP contribution >= 0.6 is 0 Å². The summed E-state index contributed by atoms with van der Waals surface area (Å²) in [4.78, 5) is 0. The molecule has 1 N–H and O–H groups in total. The molecule has 0 amide bonds. The van der Waals surface area contributed by atoms with Gasteiger partial charge in [-0.05, 0) is 56.9 Å². The van der Waals surface area contributed by atoms with Crippen LogP contribution in [0.5, 0.6) is 0 Å². The first-order valence-electron chi connectivity index (χ1n) is 6.50. The molecule has 1 unspecified atom stereocenters. The van der Waals surface area contributed by atoms with Crippen molar-refractivity contribution < 1.29 is 14.6 Å². The Hall–Kier alpha value is -0.900. The van der Waals surface area contributed by atoms with Crippen LogP contribution < -0.4 is 0 Å². The molecule has 3 heteroatoms. The Morgan fingerprint density at radius 1 is 0.944 bits per heavy atom. The van der Waals surface area contributed by atoms with Gasteiger partial charge in [0.05, 0.1) is 0 Å². The molecule has 0 aromatic heterocycles. The van der Waals surface area contributed by atoms with Crippen LogP contribution in [0.2, 0.25) is 0 Å². The molecular weight excluding hydrogens is 228 g/mol. The second-order valence-corrected chi connectivity index (χ2v) is 4.52. The predicted octanol–water partition coefficient (Wildman–Crippen LogP) is 3.04. The minimum absolute atomic E-state index is 0.519. The zero-order valence-corrected chi connectivity index (χ0v) is 12.0. The molecule has 102 valence electrons. The maximum atomic E-state index is 10.4. The molecule has 3 nitrogen and oxygen atoms in total. The molecule has 0 radical (unpaired) electrons. The summed E-state index contributed by atoms with van der Waals surface area (Å²) < 4.78 is 10.9. The van der Waals surface area contributed by atoms with Crippen molar-refractivity contribution in [1.29, 1.82) is 0 Å². The fourth-order valence-electron chi connectivity index (χ4n) is 2.01. The fourth-order valence-corrected chi connectivity index (χ4v) is 2.01. The lowest BCUT2D eigenvalue weighted by atomic mass is 9.97. The molecule has 0 bridgehead atoms. The minimum atomic E-state index is -0.746. The summed E-state index contributed by atoms with van der Waals surface area (Å²) in [5.41, 5.74) is 4.34. The predicted molar refractivity (Wildman–Crippen MR) is 72.7 cm³/mol. The summed E-state index contributed by atoms with van der Waals surface area (Å²) >= 11 is 0. The Kier molecular flexibility index (Phi) is 5.79. The molecule has 0 aliphatic carbocycles. The van der Waals surface area contributed by atoms with E-state index in [2.05, 4.69) is 13.0 Å². The number of rotatable bonds is 6. The maximum absolute atomic E-state index is 10.4. The van der Waals surface area contributed by atoms with Crippen molar-refractivity contribution in [2.24, 2.45) is 0 Å². The van der Waals surface area contributed by atoms with Gasteiger partial charge in [0.15, 0.2) is 6.29 Å². The summed E-state index contributed by atoms with van der Waals surface area (Å²) in [6.45, 7) is 10.9. The molecule has 0 saturated carbocycles. The average molecular weight is 252 g/mol. The van der Waals surface area contributed by atoms with Crippen molar-refractivity contribution >= 4 is 0 Å². The lowest BCUT2D eigenvalue weighted by molar-refractivity contribution is -0.191. The zero-order valence-electron chi connectivity index (χ0n) is 12.0. The highest BCUT2D eigenvalue weighted by molar-refractivity contribution is 5.37. The average Bonchev–Trinajstić information content (AvgIpc) is 2.33. The van der Waals surface area contributed by atoms with Gasteiger partial charge in [-0.2, -0.15) is 0 Å². The highest BCUT2D eigenvalue weighted by Crippen LogP contribution is 2.26. The van der Waals surface area contributed by atoms with E-state index in [1.807, 2.05) is 33.8 Å². The largest absolute Gasteiger partial charge is 0.383 e. The van der Waals surface area contributed by atoms with Crippen LogP contribution in [0.4, 0.5) is 0 Å². The Labute approximate surface area is 110 Å². The van der Waals surface area contributed by atoms with Crippen LogP contribution in [0, 0.1) is 20.8 Å². The topological polar surface area (TPSA) is 38.7 Å². The molecule has 18 heavy (non-hydrogen) atoms. The normalized spacial score (nSPS) is 13.1. The van der Waals surface area contributed by atoms with E-state index in [1.165, 1.54) is 11.1 Å². The van der Waals surface area contributed by atoms with Crippen LogP contribution in [-0.2, 0) is 9.47 Å². The summed E-state index contributed by atoms with van der Waals surface area (Å²) in [6, 6.07) is 4.10. The van der Waals surface area contributed by atoms with E-state index >= 15 is 0 Å². The number of aliphatic hydroxyl groups excluding tert-OH is 1. The van der Waals surface area contributed by atoms with Crippen LogP contribution in [0.25, 0.3) is 0 Å². The van der Waals surface area contributed by atoms with E-state index < -0.39 is 12.4 Å². The Bertz CT molecular complexity index is 382. The lowest BCUT2D eigenvalue weighted by Gasteiger charge is -2.24. The first-order valence-corrected chi connectivity index (χ1v) is 6.50. The summed E-state index contributed by atoms with van der Waals surface area (Å²) in [5, 5.41) is 10.4. The van der Waals surface area contributed by atoms with Crippen molar-refractivity contribution in [1.82, 2.24) is 0 Å². The Balaban J connectivity index is 3.00. The monoisotopic (exact) mass is 252 g/mol. The number of ether oxygens (including phenoxy) is 2. The number of benzene rings is 1. The van der Waals surface area contributed by atoms with Crippen molar-refractivity contribution in [2.75, 3.05) is 13.2 Å². The molecule has 0 spiro atoms. The van der Waals surface area contributed by atoms with E-state index in [-0.39, 0.29) is 0 Å². The van der Waals surface area contributed by atoms with Gasteiger partial charge < -0.3 is 14.6 Å².